The molecule has 6 heteroatoms. The summed E-state index contributed by atoms with van der Waals surface area (Å²) in [5.41, 5.74) is 2.67. The van der Waals surface area contributed by atoms with Gasteiger partial charge in [-0.3, -0.25) is 0 Å². The smallest absolute Gasteiger partial charge is 0.176 e. The number of hydrogen-bond acceptors (Lipinski definition) is 1. The van der Waals surface area contributed by atoms with Crippen LogP contribution < -0.4 is 0 Å². The van der Waals surface area contributed by atoms with Crippen LogP contribution >= 0.6 is 0 Å². The van der Waals surface area contributed by atoms with Crippen LogP contribution in [0.15, 0.2) is 36.4 Å². The molecule has 1 fully saturated rings. The van der Waals surface area contributed by atoms with E-state index in [-0.39, 0.29) is 34.1 Å². The highest BCUT2D eigenvalue weighted by Crippen LogP contribution is 2.45. The standard InChI is InChI=1S/C35H36F5N/c1-2-3-4-21-5-7-22(8-6-21)9-10-23-11-17-28-29(19-23)34(39)35(40)30(32(28)37)25-14-12-24(13-15-25)27-18-16-26(20-41)31(36)33(27)38/h5-8,16,18,23-25H,2-4,9-15,17,19H2,1H3. The van der Waals surface area contributed by atoms with Gasteiger partial charge in [0.15, 0.2) is 23.3 Å². The molecule has 1 nitrogen and oxygen atoms in total. The van der Waals surface area contributed by atoms with Crippen LogP contribution in [0.3, 0.4) is 0 Å². The Morgan fingerprint density at radius 1 is 0.707 bits per heavy atom. The number of nitrogens with zero attached hydrogens (tertiary/aromatic N) is 1. The number of benzene rings is 3. The zero-order valence-electron chi connectivity index (χ0n) is 23.5. The van der Waals surface area contributed by atoms with E-state index in [1.807, 2.05) is 0 Å². The third kappa shape index (κ3) is 6.05. The minimum Gasteiger partial charge on any atom is -0.206 e. The van der Waals surface area contributed by atoms with E-state index in [0.717, 1.165) is 32.1 Å². The van der Waals surface area contributed by atoms with Gasteiger partial charge in [-0.1, -0.05) is 43.7 Å². The molecule has 1 unspecified atom stereocenters. The van der Waals surface area contributed by atoms with E-state index in [0.29, 0.717) is 44.1 Å². The zero-order valence-corrected chi connectivity index (χ0v) is 23.5. The molecule has 0 N–H and O–H groups in total. The molecule has 0 aromatic heterocycles. The molecule has 2 aliphatic rings. The second-order valence-electron chi connectivity index (χ2n) is 11.9. The van der Waals surface area contributed by atoms with Gasteiger partial charge in [0.05, 0.1) is 5.56 Å². The van der Waals surface area contributed by atoms with Crippen LogP contribution in [0, 0.1) is 46.3 Å². The maximum Gasteiger partial charge on any atom is 0.176 e. The molecule has 0 amide bonds. The van der Waals surface area contributed by atoms with Crippen LogP contribution in [0.5, 0.6) is 0 Å². The highest BCUT2D eigenvalue weighted by Gasteiger charge is 2.35. The lowest BCUT2D eigenvalue weighted by molar-refractivity contribution is 0.349. The molecule has 41 heavy (non-hydrogen) atoms. The van der Waals surface area contributed by atoms with E-state index in [1.54, 1.807) is 6.07 Å². The Kier molecular flexibility index (Phi) is 9.12. The normalized spacial score (nSPS) is 20.5. The third-order valence-corrected chi connectivity index (χ3v) is 9.35. The average Bonchev–Trinajstić information content (AvgIpc) is 3.00. The van der Waals surface area contributed by atoms with E-state index >= 15 is 13.2 Å². The number of halogens is 5. The molecule has 5 rings (SSSR count). The second-order valence-corrected chi connectivity index (χ2v) is 11.9. The van der Waals surface area contributed by atoms with E-state index < -0.39 is 35.0 Å². The maximum absolute atomic E-state index is 15.8. The Balaban J connectivity index is 1.25. The summed E-state index contributed by atoms with van der Waals surface area (Å²) in [6.07, 6.45) is 8.03. The molecule has 2 aliphatic carbocycles. The molecule has 0 radical (unpaired) electrons. The first-order chi connectivity index (χ1) is 19.8. The third-order valence-electron chi connectivity index (χ3n) is 9.35. The summed E-state index contributed by atoms with van der Waals surface area (Å²) >= 11 is 0. The lowest BCUT2D eigenvalue weighted by atomic mass is 9.73. The van der Waals surface area contributed by atoms with Crippen molar-refractivity contribution in [1.82, 2.24) is 0 Å². The lowest BCUT2D eigenvalue weighted by Crippen LogP contribution is -2.23. The highest BCUT2D eigenvalue weighted by atomic mass is 19.2. The number of hydrogen-bond donors (Lipinski definition) is 0. The van der Waals surface area contributed by atoms with Gasteiger partial charge in [0.25, 0.3) is 0 Å². The van der Waals surface area contributed by atoms with Crippen molar-refractivity contribution in [3.8, 4) is 6.07 Å². The molecular formula is C35H36F5N. The number of aryl methyl sites for hydroxylation is 2. The zero-order chi connectivity index (χ0) is 29.1. The van der Waals surface area contributed by atoms with Gasteiger partial charge in [-0.25, -0.2) is 22.0 Å². The van der Waals surface area contributed by atoms with Gasteiger partial charge in [-0.2, -0.15) is 5.26 Å². The minimum atomic E-state index is -1.17. The van der Waals surface area contributed by atoms with E-state index in [2.05, 4.69) is 31.2 Å². The Morgan fingerprint density at radius 2 is 1.37 bits per heavy atom. The Morgan fingerprint density at radius 3 is 2.02 bits per heavy atom. The van der Waals surface area contributed by atoms with E-state index in [4.69, 9.17) is 5.26 Å². The van der Waals surface area contributed by atoms with Crippen LogP contribution in [-0.4, -0.2) is 0 Å². The predicted molar refractivity (Wildman–Crippen MR) is 150 cm³/mol. The van der Waals surface area contributed by atoms with E-state index in [1.165, 1.54) is 29.7 Å². The number of nitriles is 1. The maximum atomic E-state index is 15.8. The summed E-state index contributed by atoms with van der Waals surface area (Å²) in [4.78, 5) is 0. The first kappa shape index (κ1) is 29.3. The van der Waals surface area contributed by atoms with Gasteiger partial charge in [0, 0.05) is 5.56 Å². The van der Waals surface area contributed by atoms with E-state index in [9.17, 15) is 8.78 Å². The van der Waals surface area contributed by atoms with Crippen molar-refractivity contribution in [3.63, 3.8) is 0 Å². The van der Waals surface area contributed by atoms with Crippen molar-refractivity contribution in [1.29, 1.82) is 5.26 Å². The van der Waals surface area contributed by atoms with Crippen molar-refractivity contribution in [2.24, 2.45) is 5.92 Å². The molecular weight excluding hydrogens is 529 g/mol. The molecule has 0 bridgehead atoms. The first-order valence-electron chi connectivity index (χ1n) is 15.0. The monoisotopic (exact) mass is 565 g/mol. The molecule has 3 aromatic rings. The van der Waals surface area contributed by atoms with Gasteiger partial charge < -0.3 is 0 Å². The SMILES string of the molecule is CCCCc1ccc(CCC2CCc3c(F)c(C4CCC(c5ccc(C#N)c(F)c5F)CC4)c(F)c(F)c3C2)cc1. The fraction of sp³-hybridized carbons (Fsp3) is 0.457. The summed E-state index contributed by atoms with van der Waals surface area (Å²) in [6.45, 7) is 2.18. The molecule has 0 spiro atoms. The van der Waals surface area contributed by atoms with Gasteiger partial charge in [-0.15, -0.1) is 0 Å². The molecule has 1 atom stereocenters. The highest BCUT2D eigenvalue weighted by molar-refractivity contribution is 5.41. The van der Waals surface area contributed by atoms with Crippen molar-refractivity contribution < 1.29 is 22.0 Å². The second kappa shape index (κ2) is 12.8. The van der Waals surface area contributed by atoms with Crippen LogP contribution in [0.25, 0.3) is 0 Å². The van der Waals surface area contributed by atoms with Crippen molar-refractivity contribution in [2.75, 3.05) is 0 Å². The molecule has 216 valence electrons. The topological polar surface area (TPSA) is 23.8 Å². The van der Waals surface area contributed by atoms with Gasteiger partial charge >= 0.3 is 0 Å². The largest absolute Gasteiger partial charge is 0.206 e. The minimum absolute atomic E-state index is 0.166. The lowest BCUT2D eigenvalue weighted by Gasteiger charge is -2.32. The van der Waals surface area contributed by atoms with Crippen molar-refractivity contribution in [2.45, 2.75) is 95.8 Å². The fourth-order valence-electron chi connectivity index (χ4n) is 6.88. The number of unbranched alkanes of at least 4 members (excludes halogenated alkanes) is 1. The Bertz CT molecular complexity index is 1430. The molecule has 0 saturated heterocycles. The summed E-state index contributed by atoms with van der Waals surface area (Å²) in [5, 5.41) is 8.92. The number of fused-ring (bicyclic) bond motifs is 1. The Labute approximate surface area is 239 Å². The molecule has 1 saturated carbocycles. The van der Waals surface area contributed by atoms with Gasteiger partial charge in [0.2, 0.25) is 0 Å². The summed E-state index contributed by atoms with van der Waals surface area (Å²) in [7, 11) is 0. The quantitative estimate of drug-likeness (QED) is 0.197. The van der Waals surface area contributed by atoms with Crippen LogP contribution in [-0.2, 0) is 25.7 Å². The summed E-state index contributed by atoms with van der Waals surface area (Å²) in [6, 6.07) is 12.9. The van der Waals surface area contributed by atoms with Crippen molar-refractivity contribution >= 4 is 0 Å². The molecule has 0 heterocycles. The predicted octanol–water partition coefficient (Wildman–Crippen LogP) is 9.78. The molecule has 3 aromatic carbocycles. The van der Waals surface area contributed by atoms with Gasteiger partial charge in [-0.05, 0) is 122 Å². The van der Waals surface area contributed by atoms with Gasteiger partial charge in [0.1, 0.15) is 11.9 Å². The summed E-state index contributed by atoms with van der Waals surface area (Å²) in [5.74, 6) is -5.53. The van der Waals surface area contributed by atoms with Crippen LogP contribution in [0.1, 0.15) is 109 Å². The van der Waals surface area contributed by atoms with Crippen molar-refractivity contribution in [3.05, 3.63) is 104 Å². The first-order valence-corrected chi connectivity index (χ1v) is 15.0. The fourth-order valence-corrected chi connectivity index (χ4v) is 6.88. The number of rotatable bonds is 8. The Hall–Kier alpha value is -3.20. The summed E-state index contributed by atoms with van der Waals surface area (Å²) < 4.78 is 75.3. The van der Waals surface area contributed by atoms with Crippen LogP contribution in [0.4, 0.5) is 22.0 Å². The molecule has 0 aliphatic heterocycles. The average molecular weight is 566 g/mol. The van der Waals surface area contributed by atoms with Crippen LogP contribution in [0.2, 0.25) is 0 Å².